The molecule has 2 amide bonds. The lowest BCUT2D eigenvalue weighted by Gasteiger charge is -2.24. The number of esters is 1. The van der Waals surface area contributed by atoms with E-state index in [0.29, 0.717) is 0 Å². The smallest absolute Gasteiger partial charge is 0.407 e. The first kappa shape index (κ1) is 26.4. The molecule has 1 heterocycles. The highest BCUT2D eigenvalue weighted by molar-refractivity contribution is 5.86. The number of amides is 2. The largest absolute Gasteiger partial charge is 0.467 e. The quantitative estimate of drug-likeness (QED) is 0.431. The Morgan fingerprint density at radius 1 is 0.949 bits per heavy atom. The molecule has 0 spiro atoms. The summed E-state index contributed by atoms with van der Waals surface area (Å²) in [5.41, 5.74) is 5.36. The lowest BCUT2D eigenvalue weighted by atomic mass is 9.98. The molecule has 0 bridgehead atoms. The van der Waals surface area contributed by atoms with Crippen molar-refractivity contribution in [3.05, 3.63) is 95.6 Å². The second-order valence-corrected chi connectivity index (χ2v) is 9.64. The molecule has 9 nitrogen and oxygen atoms in total. The first-order chi connectivity index (χ1) is 18.9. The number of nitrogens with one attached hydrogen (secondary N) is 2. The Balaban J connectivity index is 1.26. The van der Waals surface area contributed by atoms with Crippen LogP contribution in [-0.2, 0) is 30.3 Å². The minimum absolute atomic E-state index is 0.0934. The van der Waals surface area contributed by atoms with Gasteiger partial charge in [0.25, 0.3) is 0 Å². The Morgan fingerprint density at radius 2 is 1.56 bits per heavy atom. The zero-order valence-electron chi connectivity index (χ0n) is 21.8. The lowest BCUT2D eigenvalue weighted by Crippen LogP contribution is -2.53. The van der Waals surface area contributed by atoms with Crippen LogP contribution >= 0.6 is 0 Å². The summed E-state index contributed by atoms with van der Waals surface area (Å²) in [7, 11) is 2.91. The van der Waals surface area contributed by atoms with Crippen molar-refractivity contribution in [2.45, 2.75) is 37.1 Å². The normalized spacial score (nSPS) is 19.0. The molecule has 1 saturated heterocycles. The number of hydrogen-bond acceptors (Lipinski definition) is 7. The van der Waals surface area contributed by atoms with Crippen molar-refractivity contribution in [2.24, 2.45) is 0 Å². The van der Waals surface area contributed by atoms with Crippen molar-refractivity contribution >= 4 is 18.0 Å². The summed E-state index contributed by atoms with van der Waals surface area (Å²) in [6, 6.07) is 24.7. The number of fused-ring (bicyclic) bond motifs is 3. The molecule has 2 aliphatic rings. The molecule has 9 heteroatoms. The van der Waals surface area contributed by atoms with Crippen LogP contribution in [0.25, 0.3) is 11.1 Å². The van der Waals surface area contributed by atoms with Gasteiger partial charge in [-0.05, 0) is 27.8 Å². The fourth-order valence-electron chi connectivity index (χ4n) is 5.20. The number of carbonyl (C=O) groups excluding carboxylic acids is 3. The molecule has 1 aliphatic heterocycles. The van der Waals surface area contributed by atoms with E-state index < -0.39 is 36.3 Å². The van der Waals surface area contributed by atoms with Gasteiger partial charge in [0.2, 0.25) is 5.91 Å². The van der Waals surface area contributed by atoms with Gasteiger partial charge < -0.3 is 20.1 Å². The van der Waals surface area contributed by atoms with Crippen LogP contribution in [0, 0.1) is 0 Å². The molecule has 3 aromatic carbocycles. The van der Waals surface area contributed by atoms with Gasteiger partial charge in [-0.2, -0.15) is 5.06 Å². The van der Waals surface area contributed by atoms with Crippen LogP contribution < -0.4 is 10.6 Å². The van der Waals surface area contributed by atoms with E-state index >= 15 is 0 Å². The van der Waals surface area contributed by atoms with E-state index in [1.54, 1.807) is 7.05 Å². The fourth-order valence-corrected chi connectivity index (χ4v) is 5.20. The molecule has 39 heavy (non-hydrogen) atoms. The van der Waals surface area contributed by atoms with Gasteiger partial charge in [-0.15, -0.1) is 0 Å². The van der Waals surface area contributed by atoms with E-state index in [1.807, 2.05) is 54.6 Å². The summed E-state index contributed by atoms with van der Waals surface area (Å²) in [6.45, 7) is 0.138. The van der Waals surface area contributed by atoms with Crippen molar-refractivity contribution < 1.29 is 28.7 Å². The highest BCUT2D eigenvalue weighted by Crippen LogP contribution is 2.44. The van der Waals surface area contributed by atoms with Crippen molar-refractivity contribution in [1.82, 2.24) is 15.7 Å². The number of hydroxylamine groups is 2. The molecular weight excluding hydrogens is 498 g/mol. The van der Waals surface area contributed by atoms with Crippen LogP contribution in [-0.4, -0.2) is 62.1 Å². The molecule has 0 unspecified atom stereocenters. The van der Waals surface area contributed by atoms with E-state index in [1.165, 1.54) is 12.2 Å². The molecule has 2 N–H and O–H groups in total. The molecule has 1 fully saturated rings. The minimum atomic E-state index is -0.909. The molecule has 0 aromatic heterocycles. The van der Waals surface area contributed by atoms with E-state index in [-0.39, 0.29) is 25.4 Å². The summed E-state index contributed by atoms with van der Waals surface area (Å²) in [5, 5.41) is 7.03. The number of rotatable bonds is 8. The summed E-state index contributed by atoms with van der Waals surface area (Å²) in [4.78, 5) is 43.7. The molecular formula is C30H31N3O6. The first-order valence-electron chi connectivity index (χ1n) is 12.9. The van der Waals surface area contributed by atoms with Crippen LogP contribution in [0.15, 0.2) is 78.9 Å². The maximum Gasteiger partial charge on any atom is 0.407 e. The van der Waals surface area contributed by atoms with Gasteiger partial charge in [0, 0.05) is 25.8 Å². The highest BCUT2D eigenvalue weighted by Gasteiger charge is 2.38. The average molecular weight is 530 g/mol. The lowest BCUT2D eigenvalue weighted by molar-refractivity contribution is -0.180. The van der Waals surface area contributed by atoms with Gasteiger partial charge in [-0.25, -0.2) is 9.59 Å². The topological polar surface area (TPSA) is 106 Å². The Hall–Kier alpha value is -4.21. The Bertz CT molecular complexity index is 1300. The van der Waals surface area contributed by atoms with Crippen molar-refractivity contribution in [1.29, 1.82) is 0 Å². The fraction of sp³-hybridized carbons (Fsp3) is 0.300. The van der Waals surface area contributed by atoms with E-state index in [4.69, 9.17) is 14.3 Å². The second kappa shape index (κ2) is 11.7. The Labute approximate surface area is 227 Å². The summed E-state index contributed by atoms with van der Waals surface area (Å²) >= 11 is 0. The van der Waals surface area contributed by atoms with Crippen LogP contribution in [0.2, 0.25) is 0 Å². The van der Waals surface area contributed by atoms with Gasteiger partial charge in [-0.3, -0.25) is 9.63 Å². The highest BCUT2D eigenvalue weighted by atomic mass is 16.7. The summed E-state index contributed by atoms with van der Waals surface area (Å²) < 4.78 is 10.4. The van der Waals surface area contributed by atoms with Gasteiger partial charge in [0.15, 0.2) is 6.10 Å². The maximum atomic E-state index is 13.3. The standard InChI is InChI=1S/C30H31N3O6/c1-33-27(17-26(39-33)29(35)37-2)32-28(34)25(16-19-10-4-3-5-11-19)31-30(36)38-18-24-22-14-8-6-12-20(22)21-13-7-9-15-23(21)24/h3-15,24-27H,16-18H2,1-2H3,(H,31,36)(H,32,34)/t25-,26+,27+/m0/s1. The number of benzene rings is 3. The Kier molecular flexibility index (Phi) is 7.90. The molecule has 1 aliphatic carbocycles. The number of ether oxygens (including phenoxy) is 2. The predicted octanol–water partition coefficient (Wildman–Crippen LogP) is 3.39. The van der Waals surface area contributed by atoms with Crippen LogP contribution in [0.4, 0.5) is 4.79 Å². The van der Waals surface area contributed by atoms with Crippen LogP contribution in [0.1, 0.15) is 29.0 Å². The van der Waals surface area contributed by atoms with E-state index in [9.17, 15) is 14.4 Å². The zero-order chi connectivity index (χ0) is 27.4. The number of nitrogens with zero attached hydrogens (tertiary/aromatic N) is 1. The second-order valence-electron chi connectivity index (χ2n) is 9.64. The SMILES string of the molecule is COC(=O)[C@H]1C[C@H](NC(=O)[C@H](Cc2ccccc2)NC(=O)OCC2c3ccccc3-c3ccccc32)N(C)O1. The molecule has 5 rings (SSSR count). The number of hydrogen-bond donors (Lipinski definition) is 2. The third-order valence-electron chi connectivity index (χ3n) is 7.18. The first-order valence-corrected chi connectivity index (χ1v) is 12.9. The van der Waals surface area contributed by atoms with Gasteiger partial charge in [0.05, 0.1) is 7.11 Å². The predicted molar refractivity (Wildman–Crippen MR) is 143 cm³/mol. The summed E-state index contributed by atoms with van der Waals surface area (Å²) in [6.07, 6.45) is -1.58. The van der Waals surface area contributed by atoms with Crippen LogP contribution in [0.3, 0.4) is 0 Å². The van der Waals surface area contributed by atoms with Gasteiger partial charge >= 0.3 is 12.1 Å². The van der Waals surface area contributed by atoms with Crippen molar-refractivity contribution in [2.75, 3.05) is 20.8 Å². The number of alkyl carbamates (subject to hydrolysis) is 1. The molecule has 3 atom stereocenters. The molecule has 0 saturated carbocycles. The molecule has 0 radical (unpaired) electrons. The summed E-state index contributed by atoms with van der Waals surface area (Å²) in [5.74, 6) is -1.03. The average Bonchev–Trinajstić information content (AvgIpc) is 3.49. The molecule has 202 valence electrons. The third-order valence-corrected chi connectivity index (χ3v) is 7.18. The number of carbonyl (C=O) groups is 3. The van der Waals surface area contributed by atoms with E-state index in [2.05, 4.69) is 34.9 Å². The zero-order valence-corrected chi connectivity index (χ0v) is 21.8. The minimum Gasteiger partial charge on any atom is -0.467 e. The third kappa shape index (κ3) is 5.79. The van der Waals surface area contributed by atoms with E-state index in [0.717, 1.165) is 27.8 Å². The Morgan fingerprint density at radius 3 is 2.21 bits per heavy atom. The molecule has 3 aromatic rings. The van der Waals surface area contributed by atoms with Gasteiger partial charge in [0.1, 0.15) is 18.8 Å². The number of methoxy groups -OCH3 is 1. The van der Waals surface area contributed by atoms with Crippen molar-refractivity contribution in [3.63, 3.8) is 0 Å². The van der Waals surface area contributed by atoms with Crippen molar-refractivity contribution in [3.8, 4) is 11.1 Å². The maximum absolute atomic E-state index is 13.3. The van der Waals surface area contributed by atoms with Crippen LogP contribution in [0.5, 0.6) is 0 Å². The van der Waals surface area contributed by atoms with Gasteiger partial charge in [-0.1, -0.05) is 78.9 Å². The monoisotopic (exact) mass is 529 g/mol.